The normalized spacial score (nSPS) is 22.1. The molecule has 0 aromatic heterocycles. The molecule has 1 aliphatic rings. The van der Waals surface area contributed by atoms with Crippen molar-refractivity contribution in [2.75, 3.05) is 0 Å². The van der Waals surface area contributed by atoms with Crippen LogP contribution in [-0.2, 0) is 5.41 Å². The first-order valence-corrected chi connectivity index (χ1v) is 5.03. The van der Waals surface area contributed by atoms with Crippen molar-refractivity contribution in [2.24, 2.45) is 5.41 Å². The highest BCUT2D eigenvalue weighted by Gasteiger charge is 2.51. The average Bonchev–Trinajstić information content (AvgIpc) is 2.27. The summed E-state index contributed by atoms with van der Waals surface area (Å²) in [7, 11) is 0. The van der Waals surface area contributed by atoms with E-state index < -0.39 is 0 Å². The minimum Gasteiger partial charge on any atom is -0.294 e. The Balaban J connectivity index is 2.74. The highest BCUT2D eigenvalue weighted by molar-refractivity contribution is 6.06. The number of Topliss-reactive ketones (excluding diaryl/α,β-unsaturated/α-hetero) is 1. The summed E-state index contributed by atoms with van der Waals surface area (Å²) in [6, 6.07) is 7.96. The van der Waals surface area contributed by atoms with E-state index in [-0.39, 0.29) is 16.6 Å². The van der Waals surface area contributed by atoms with Crippen LogP contribution in [0.2, 0.25) is 0 Å². The molecule has 1 heteroatoms. The summed E-state index contributed by atoms with van der Waals surface area (Å²) in [4.78, 5) is 12.1. The van der Waals surface area contributed by atoms with Gasteiger partial charge in [-0.2, -0.15) is 0 Å². The van der Waals surface area contributed by atoms with Crippen molar-refractivity contribution < 1.29 is 4.79 Å². The van der Waals surface area contributed by atoms with E-state index in [1.54, 1.807) is 0 Å². The molecule has 0 atom stereocenters. The predicted octanol–water partition coefficient (Wildman–Crippen LogP) is 3.19. The van der Waals surface area contributed by atoms with Crippen LogP contribution >= 0.6 is 0 Å². The number of ketones is 1. The van der Waals surface area contributed by atoms with Gasteiger partial charge in [-0.15, -0.1) is 0 Å². The zero-order valence-electron chi connectivity index (χ0n) is 9.22. The molecule has 1 aromatic rings. The molecule has 1 aliphatic carbocycles. The van der Waals surface area contributed by atoms with Gasteiger partial charge in [0, 0.05) is 16.4 Å². The number of benzene rings is 1. The van der Waals surface area contributed by atoms with E-state index in [1.165, 1.54) is 5.56 Å². The van der Waals surface area contributed by atoms with Crippen molar-refractivity contribution in [3.8, 4) is 0 Å². The first kappa shape index (κ1) is 9.45. The quantitative estimate of drug-likeness (QED) is 0.611. The minimum absolute atomic E-state index is 0.0549. The Morgan fingerprint density at radius 3 is 2.07 bits per heavy atom. The van der Waals surface area contributed by atoms with Crippen molar-refractivity contribution in [3.05, 3.63) is 35.4 Å². The van der Waals surface area contributed by atoms with Gasteiger partial charge in [0.15, 0.2) is 5.78 Å². The van der Waals surface area contributed by atoms with E-state index in [9.17, 15) is 4.79 Å². The third-order valence-corrected chi connectivity index (χ3v) is 3.98. The monoisotopic (exact) mass is 188 g/mol. The molecule has 0 amide bonds. The summed E-state index contributed by atoms with van der Waals surface area (Å²) < 4.78 is 0. The summed E-state index contributed by atoms with van der Waals surface area (Å²) in [5.41, 5.74) is 1.76. The summed E-state index contributed by atoms with van der Waals surface area (Å²) in [5.74, 6) is 0.276. The van der Waals surface area contributed by atoms with E-state index in [2.05, 4.69) is 19.9 Å². The largest absolute Gasteiger partial charge is 0.294 e. The van der Waals surface area contributed by atoms with E-state index >= 15 is 0 Å². The smallest absolute Gasteiger partial charge is 0.169 e. The molecule has 0 radical (unpaired) electrons. The van der Waals surface area contributed by atoms with Gasteiger partial charge in [-0.25, -0.2) is 0 Å². The highest BCUT2D eigenvalue weighted by atomic mass is 16.1. The van der Waals surface area contributed by atoms with Crippen LogP contribution in [0.15, 0.2) is 24.3 Å². The third kappa shape index (κ3) is 0.875. The molecular weight excluding hydrogens is 172 g/mol. The van der Waals surface area contributed by atoms with Crippen molar-refractivity contribution >= 4 is 5.78 Å². The number of fused-ring (bicyclic) bond motifs is 1. The van der Waals surface area contributed by atoms with Gasteiger partial charge in [-0.1, -0.05) is 52.0 Å². The van der Waals surface area contributed by atoms with E-state index in [1.807, 2.05) is 32.0 Å². The highest BCUT2D eigenvalue weighted by Crippen LogP contribution is 2.50. The molecule has 0 spiro atoms. The molecule has 0 saturated carbocycles. The number of hydrogen-bond acceptors (Lipinski definition) is 1. The number of rotatable bonds is 0. The Bertz CT molecular complexity index is 399. The fourth-order valence-corrected chi connectivity index (χ4v) is 2.18. The second kappa shape index (κ2) is 2.47. The maximum Gasteiger partial charge on any atom is 0.169 e. The SMILES string of the molecule is CC1(C)C(=O)c2ccccc2C1(C)C. The standard InChI is InChI=1S/C13H16O/c1-12(2)10-8-6-5-7-9(10)11(14)13(12,3)4/h5-8H,1-4H3. The van der Waals surface area contributed by atoms with Crippen molar-refractivity contribution in [1.82, 2.24) is 0 Å². The molecule has 1 nitrogen and oxygen atoms in total. The van der Waals surface area contributed by atoms with Crippen LogP contribution < -0.4 is 0 Å². The van der Waals surface area contributed by atoms with Gasteiger partial charge in [0.1, 0.15) is 0 Å². The maximum absolute atomic E-state index is 12.1. The molecule has 0 heterocycles. The summed E-state index contributed by atoms with van der Waals surface area (Å²) >= 11 is 0. The zero-order valence-corrected chi connectivity index (χ0v) is 9.22. The number of carbonyl (C=O) groups is 1. The Labute approximate surface area is 85.1 Å². The number of carbonyl (C=O) groups excluding carboxylic acids is 1. The Kier molecular flexibility index (Phi) is 1.67. The average molecular weight is 188 g/mol. The van der Waals surface area contributed by atoms with Crippen LogP contribution in [0, 0.1) is 5.41 Å². The van der Waals surface area contributed by atoms with Gasteiger partial charge in [0.2, 0.25) is 0 Å². The van der Waals surface area contributed by atoms with Gasteiger partial charge in [-0.3, -0.25) is 4.79 Å². The molecule has 14 heavy (non-hydrogen) atoms. The third-order valence-electron chi connectivity index (χ3n) is 3.98. The molecule has 1 aromatic carbocycles. The Morgan fingerprint density at radius 2 is 1.50 bits per heavy atom. The Hall–Kier alpha value is -1.11. The summed E-state index contributed by atoms with van der Waals surface area (Å²) in [5, 5.41) is 0. The predicted molar refractivity (Wildman–Crippen MR) is 57.6 cm³/mol. The lowest BCUT2D eigenvalue weighted by atomic mass is 9.68. The van der Waals surface area contributed by atoms with Gasteiger partial charge < -0.3 is 0 Å². The summed E-state index contributed by atoms with van der Waals surface area (Å²) in [6.07, 6.45) is 0. The molecule has 0 aliphatic heterocycles. The number of hydrogen-bond donors (Lipinski definition) is 0. The fourth-order valence-electron chi connectivity index (χ4n) is 2.18. The Morgan fingerprint density at radius 1 is 0.929 bits per heavy atom. The molecule has 0 unspecified atom stereocenters. The van der Waals surface area contributed by atoms with E-state index in [4.69, 9.17) is 0 Å². The van der Waals surface area contributed by atoms with E-state index in [0.717, 1.165) is 5.56 Å². The van der Waals surface area contributed by atoms with Crippen LogP contribution in [0.4, 0.5) is 0 Å². The first-order valence-electron chi connectivity index (χ1n) is 5.03. The molecule has 0 bridgehead atoms. The molecular formula is C13H16O. The van der Waals surface area contributed by atoms with Crippen LogP contribution in [0.25, 0.3) is 0 Å². The van der Waals surface area contributed by atoms with E-state index in [0.29, 0.717) is 0 Å². The lowest BCUT2D eigenvalue weighted by Gasteiger charge is -2.33. The fraction of sp³-hybridized carbons (Fsp3) is 0.462. The van der Waals surface area contributed by atoms with Crippen LogP contribution in [-0.4, -0.2) is 5.78 Å². The van der Waals surface area contributed by atoms with Crippen molar-refractivity contribution in [2.45, 2.75) is 33.1 Å². The van der Waals surface area contributed by atoms with Crippen LogP contribution in [0.3, 0.4) is 0 Å². The van der Waals surface area contributed by atoms with Crippen molar-refractivity contribution in [3.63, 3.8) is 0 Å². The minimum atomic E-state index is -0.281. The second-order valence-corrected chi connectivity index (χ2v) is 5.12. The lowest BCUT2D eigenvalue weighted by molar-refractivity contribution is 0.0779. The van der Waals surface area contributed by atoms with Crippen molar-refractivity contribution in [1.29, 1.82) is 0 Å². The lowest BCUT2D eigenvalue weighted by Crippen LogP contribution is -2.35. The van der Waals surface area contributed by atoms with Gasteiger partial charge in [0.25, 0.3) is 0 Å². The second-order valence-electron chi connectivity index (χ2n) is 5.12. The maximum atomic E-state index is 12.1. The summed E-state index contributed by atoms with van der Waals surface area (Å²) in [6.45, 7) is 8.37. The van der Waals surface area contributed by atoms with Crippen LogP contribution in [0.5, 0.6) is 0 Å². The first-order chi connectivity index (χ1) is 6.39. The molecule has 74 valence electrons. The topological polar surface area (TPSA) is 17.1 Å². The molecule has 0 fully saturated rings. The van der Waals surface area contributed by atoms with Gasteiger partial charge >= 0.3 is 0 Å². The van der Waals surface area contributed by atoms with Gasteiger partial charge in [0.05, 0.1) is 0 Å². The van der Waals surface area contributed by atoms with Crippen LogP contribution in [0.1, 0.15) is 43.6 Å². The molecule has 0 N–H and O–H groups in total. The van der Waals surface area contributed by atoms with Gasteiger partial charge in [-0.05, 0) is 5.56 Å². The zero-order chi connectivity index (χ0) is 10.6. The molecule has 2 rings (SSSR count). The molecule has 0 saturated heterocycles.